The fourth-order valence-electron chi connectivity index (χ4n) is 4.26. The van der Waals surface area contributed by atoms with Gasteiger partial charge >= 0.3 is 5.97 Å². The zero-order chi connectivity index (χ0) is 25.7. The SMILES string of the molecule is O=C(O)CCCc1cn(CCOCCS(=O)c2cccc3c2CN(C2CCC(=O)NC2=O)C3=O)nn1. The van der Waals surface area contributed by atoms with Gasteiger partial charge in [-0.25, -0.2) is 4.68 Å². The molecule has 12 nitrogen and oxygen atoms in total. The van der Waals surface area contributed by atoms with Gasteiger partial charge < -0.3 is 14.7 Å². The first kappa shape index (κ1) is 25.6. The van der Waals surface area contributed by atoms with Crippen LogP contribution in [0.5, 0.6) is 0 Å². The zero-order valence-electron chi connectivity index (χ0n) is 19.6. The van der Waals surface area contributed by atoms with Gasteiger partial charge in [0, 0.05) is 41.6 Å². The molecule has 4 rings (SSSR count). The number of hydrogen-bond acceptors (Lipinski definition) is 8. The van der Waals surface area contributed by atoms with Crippen LogP contribution in [0.1, 0.15) is 47.3 Å². The summed E-state index contributed by atoms with van der Waals surface area (Å²) in [4.78, 5) is 49.2. The number of nitrogens with zero attached hydrogens (tertiary/aromatic N) is 4. The molecule has 1 saturated heterocycles. The van der Waals surface area contributed by atoms with E-state index in [9.17, 15) is 23.4 Å². The molecule has 2 N–H and O–H groups in total. The molecular weight excluding hydrogens is 490 g/mol. The number of amides is 3. The fraction of sp³-hybridized carbons (Fsp3) is 0.478. The van der Waals surface area contributed by atoms with Gasteiger partial charge in [0.15, 0.2) is 0 Å². The lowest BCUT2D eigenvalue weighted by molar-refractivity contribution is -0.138. The molecule has 0 aliphatic carbocycles. The van der Waals surface area contributed by atoms with Gasteiger partial charge in [0.2, 0.25) is 11.8 Å². The van der Waals surface area contributed by atoms with Gasteiger partial charge in [-0.15, -0.1) is 5.10 Å². The molecule has 2 aliphatic rings. The molecule has 2 atom stereocenters. The number of rotatable bonds is 12. The Morgan fingerprint density at radius 2 is 2.08 bits per heavy atom. The second kappa shape index (κ2) is 11.5. The summed E-state index contributed by atoms with van der Waals surface area (Å²) in [6.45, 7) is 1.20. The molecule has 1 aromatic carbocycles. The van der Waals surface area contributed by atoms with Crippen LogP contribution < -0.4 is 5.32 Å². The number of benzene rings is 1. The zero-order valence-corrected chi connectivity index (χ0v) is 20.4. The Hall–Kier alpha value is -3.45. The van der Waals surface area contributed by atoms with Crippen molar-refractivity contribution in [1.82, 2.24) is 25.2 Å². The topological polar surface area (TPSA) is 161 Å². The Balaban J connectivity index is 1.25. The average Bonchev–Trinajstić information content (AvgIpc) is 3.42. The number of aromatic nitrogens is 3. The van der Waals surface area contributed by atoms with Crippen LogP contribution in [0.3, 0.4) is 0 Å². The first-order chi connectivity index (χ1) is 17.3. The van der Waals surface area contributed by atoms with Crippen LogP contribution >= 0.6 is 0 Å². The number of fused-ring (bicyclic) bond motifs is 1. The number of aliphatic carboxylic acids is 1. The minimum absolute atomic E-state index is 0.0842. The lowest BCUT2D eigenvalue weighted by atomic mass is 10.0. The minimum Gasteiger partial charge on any atom is -0.481 e. The average molecular weight is 518 g/mol. The van der Waals surface area contributed by atoms with E-state index >= 15 is 0 Å². The van der Waals surface area contributed by atoms with Gasteiger partial charge in [0.1, 0.15) is 6.04 Å². The van der Waals surface area contributed by atoms with E-state index in [0.717, 1.165) is 5.69 Å². The van der Waals surface area contributed by atoms with Crippen molar-refractivity contribution in [2.45, 2.75) is 56.1 Å². The number of carbonyl (C=O) groups excluding carboxylic acids is 3. The molecule has 2 aliphatic heterocycles. The van der Waals surface area contributed by atoms with Crippen molar-refractivity contribution in [2.75, 3.05) is 19.0 Å². The first-order valence-electron chi connectivity index (χ1n) is 11.7. The number of nitrogens with one attached hydrogen (secondary N) is 1. The maximum Gasteiger partial charge on any atom is 0.303 e. The summed E-state index contributed by atoms with van der Waals surface area (Å²) < 4.78 is 20.2. The van der Waals surface area contributed by atoms with Crippen LogP contribution in [-0.2, 0) is 49.4 Å². The van der Waals surface area contributed by atoms with Crippen LogP contribution in [0.15, 0.2) is 29.3 Å². The molecule has 2 unspecified atom stereocenters. The maximum atomic E-state index is 13.0. The summed E-state index contributed by atoms with van der Waals surface area (Å²) in [7, 11) is -1.41. The molecule has 0 spiro atoms. The second-order valence-electron chi connectivity index (χ2n) is 8.56. The van der Waals surface area contributed by atoms with Crippen molar-refractivity contribution < 1.29 is 33.2 Å². The lowest BCUT2D eigenvalue weighted by Crippen LogP contribution is -2.52. The predicted molar refractivity (Wildman–Crippen MR) is 125 cm³/mol. The van der Waals surface area contributed by atoms with Gasteiger partial charge in [-0.2, -0.15) is 0 Å². The standard InChI is InChI=1S/C23H27N5O7S/c29-20-8-7-18(22(32)24-20)28-14-17-16(23(28)33)4-2-5-19(17)36(34)12-11-35-10-9-27-13-15(25-26-27)3-1-6-21(30)31/h2,4-5,13,18H,1,3,6-12,14H2,(H,30,31)(H,24,29,32). The number of carboxylic acid groups (broad SMARTS) is 1. The van der Waals surface area contributed by atoms with E-state index in [0.29, 0.717) is 42.0 Å². The third-order valence-corrected chi connectivity index (χ3v) is 7.48. The van der Waals surface area contributed by atoms with Crippen LogP contribution in [0.4, 0.5) is 0 Å². The van der Waals surface area contributed by atoms with E-state index in [4.69, 9.17) is 9.84 Å². The van der Waals surface area contributed by atoms with E-state index in [2.05, 4.69) is 15.6 Å². The molecular formula is C23H27N5O7S. The van der Waals surface area contributed by atoms with Crippen LogP contribution in [0.2, 0.25) is 0 Å². The summed E-state index contributed by atoms with van der Waals surface area (Å²) in [6, 6.07) is 4.34. The lowest BCUT2D eigenvalue weighted by Gasteiger charge is -2.29. The Bertz CT molecular complexity index is 1200. The number of carboxylic acids is 1. The van der Waals surface area contributed by atoms with Gasteiger partial charge in [0.05, 0.1) is 42.0 Å². The van der Waals surface area contributed by atoms with E-state index < -0.39 is 28.7 Å². The quantitative estimate of drug-likeness (QED) is 0.297. The fourth-order valence-corrected chi connectivity index (χ4v) is 5.43. The molecule has 0 saturated carbocycles. The van der Waals surface area contributed by atoms with Crippen LogP contribution in [0, 0.1) is 0 Å². The summed E-state index contributed by atoms with van der Waals surface area (Å²) in [5.41, 5.74) is 1.79. The number of aryl methyl sites for hydroxylation is 1. The molecule has 1 aromatic heterocycles. The van der Waals surface area contributed by atoms with Crippen LogP contribution in [-0.4, -0.2) is 77.9 Å². The third kappa shape index (κ3) is 6.02. The highest BCUT2D eigenvalue weighted by molar-refractivity contribution is 7.85. The van der Waals surface area contributed by atoms with E-state index in [1.54, 1.807) is 29.1 Å². The molecule has 3 amide bonds. The maximum absolute atomic E-state index is 13.0. The highest BCUT2D eigenvalue weighted by atomic mass is 32.2. The monoisotopic (exact) mass is 517 g/mol. The Morgan fingerprint density at radius 3 is 2.86 bits per heavy atom. The number of hydrogen-bond donors (Lipinski definition) is 2. The van der Waals surface area contributed by atoms with Gasteiger partial charge in [-0.1, -0.05) is 11.3 Å². The molecule has 2 aromatic rings. The van der Waals surface area contributed by atoms with Gasteiger partial charge in [0.25, 0.3) is 5.91 Å². The Morgan fingerprint density at radius 1 is 1.25 bits per heavy atom. The van der Waals surface area contributed by atoms with Crippen molar-refractivity contribution in [3.05, 3.63) is 41.2 Å². The van der Waals surface area contributed by atoms with Crippen molar-refractivity contribution >= 4 is 34.5 Å². The van der Waals surface area contributed by atoms with E-state index in [1.807, 2.05) is 0 Å². The van der Waals surface area contributed by atoms with Crippen molar-refractivity contribution in [2.24, 2.45) is 0 Å². The van der Waals surface area contributed by atoms with E-state index in [-0.39, 0.29) is 50.0 Å². The summed E-state index contributed by atoms with van der Waals surface area (Å²) in [5, 5.41) is 19.0. The van der Waals surface area contributed by atoms with Crippen LogP contribution in [0.25, 0.3) is 0 Å². The second-order valence-corrected chi connectivity index (χ2v) is 10.1. The molecule has 0 radical (unpaired) electrons. The smallest absolute Gasteiger partial charge is 0.303 e. The van der Waals surface area contributed by atoms with Crippen molar-refractivity contribution in [3.8, 4) is 0 Å². The predicted octanol–water partition coefficient (Wildman–Crippen LogP) is 0.271. The number of imide groups is 1. The van der Waals surface area contributed by atoms with Gasteiger partial charge in [-0.05, 0) is 31.4 Å². The van der Waals surface area contributed by atoms with Crippen molar-refractivity contribution in [1.29, 1.82) is 0 Å². The molecule has 36 heavy (non-hydrogen) atoms. The Labute approximate surface area is 209 Å². The summed E-state index contributed by atoms with van der Waals surface area (Å²) >= 11 is 0. The molecule has 13 heteroatoms. The normalized spacial score (nSPS) is 18.3. The number of carbonyl (C=O) groups is 4. The first-order valence-corrected chi connectivity index (χ1v) is 13.0. The minimum atomic E-state index is -1.41. The van der Waals surface area contributed by atoms with E-state index in [1.165, 1.54) is 4.90 Å². The highest BCUT2D eigenvalue weighted by Crippen LogP contribution is 2.31. The molecule has 3 heterocycles. The molecule has 192 valence electrons. The molecule has 0 bridgehead atoms. The number of ether oxygens (including phenoxy) is 1. The largest absolute Gasteiger partial charge is 0.481 e. The summed E-state index contributed by atoms with van der Waals surface area (Å²) in [6.07, 6.45) is 3.32. The highest BCUT2D eigenvalue weighted by Gasteiger charge is 2.40. The Kier molecular flexibility index (Phi) is 8.21. The summed E-state index contributed by atoms with van der Waals surface area (Å²) in [5.74, 6) is -1.73. The third-order valence-electron chi connectivity index (χ3n) is 6.07. The van der Waals surface area contributed by atoms with Crippen molar-refractivity contribution in [3.63, 3.8) is 0 Å². The molecule has 1 fully saturated rings. The number of piperidine rings is 1. The van der Waals surface area contributed by atoms with Gasteiger partial charge in [-0.3, -0.25) is 28.7 Å².